The summed E-state index contributed by atoms with van der Waals surface area (Å²) in [5.41, 5.74) is 0.286. The van der Waals surface area contributed by atoms with E-state index < -0.39 is 0 Å². The van der Waals surface area contributed by atoms with E-state index in [-0.39, 0.29) is 23.5 Å². The number of carbonyl (C=O) groups is 1. The van der Waals surface area contributed by atoms with Crippen LogP contribution in [0.2, 0.25) is 0 Å². The molecule has 2 heterocycles. The van der Waals surface area contributed by atoms with Gasteiger partial charge in [0.15, 0.2) is 5.82 Å². The predicted octanol–water partition coefficient (Wildman–Crippen LogP) is 2.03. The summed E-state index contributed by atoms with van der Waals surface area (Å²) >= 11 is 0. The maximum atomic E-state index is 13.7. The molecule has 1 aromatic heterocycles. The molecule has 1 saturated heterocycles. The van der Waals surface area contributed by atoms with Crippen LogP contribution in [0.4, 0.5) is 26.6 Å². The molecule has 0 unspecified atom stereocenters. The van der Waals surface area contributed by atoms with Crippen molar-refractivity contribution in [2.75, 3.05) is 43.0 Å². The molecule has 1 aliphatic heterocycles. The first-order chi connectivity index (χ1) is 12.2. The van der Waals surface area contributed by atoms with E-state index in [4.69, 9.17) is 4.74 Å². The van der Waals surface area contributed by atoms with Gasteiger partial charge in [0.05, 0.1) is 18.5 Å². The summed E-state index contributed by atoms with van der Waals surface area (Å²) in [6.07, 6.45) is 1.25. The van der Waals surface area contributed by atoms with Crippen molar-refractivity contribution < 1.29 is 13.9 Å². The summed E-state index contributed by atoms with van der Waals surface area (Å²) in [5, 5.41) is 10.6. The second-order valence-corrected chi connectivity index (χ2v) is 5.42. The molecule has 0 radical (unpaired) electrons. The molecule has 1 N–H and O–H groups in total. The molecule has 1 fully saturated rings. The van der Waals surface area contributed by atoms with E-state index in [1.165, 1.54) is 6.07 Å². The second-order valence-electron chi connectivity index (χ2n) is 5.42. The summed E-state index contributed by atoms with van der Waals surface area (Å²) in [6.45, 7) is 4.44. The number of hydrogen-bond acceptors (Lipinski definition) is 7. The number of nitrogens with zero attached hydrogens (tertiary/aromatic N) is 5. The zero-order chi connectivity index (χ0) is 17.6. The Morgan fingerprint density at radius 1 is 1.28 bits per heavy atom. The van der Waals surface area contributed by atoms with Gasteiger partial charge in [0, 0.05) is 26.2 Å². The van der Waals surface area contributed by atoms with Gasteiger partial charge in [0.1, 0.15) is 5.82 Å². The van der Waals surface area contributed by atoms with Gasteiger partial charge < -0.3 is 19.9 Å². The van der Waals surface area contributed by atoms with Gasteiger partial charge in [-0.25, -0.2) is 9.18 Å². The van der Waals surface area contributed by atoms with Crippen LogP contribution in [-0.2, 0) is 4.74 Å². The molecule has 3 rings (SSSR count). The minimum absolute atomic E-state index is 0.218. The Kier molecular flexibility index (Phi) is 5.22. The first-order valence-electron chi connectivity index (χ1n) is 8.05. The largest absolute Gasteiger partial charge is 0.450 e. The summed E-state index contributed by atoms with van der Waals surface area (Å²) in [7, 11) is 0. The Morgan fingerprint density at radius 3 is 2.76 bits per heavy atom. The zero-order valence-electron chi connectivity index (χ0n) is 13.9. The number of aromatic nitrogens is 3. The van der Waals surface area contributed by atoms with Crippen molar-refractivity contribution in [3.05, 3.63) is 36.3 Å². The van der Waals surface area contributed by atoms with E-state index in [1.54, 1.807) is 36.2 Å². The van der Waals surface area contributed by atoms with Crippen molar-refractivity contribution in [2.24, 2.45) is 0 Å². The lowest BCUT2D eigenvalue weighted by Crippen LogP contribution is -2.49. The monoisotopic (exact) mass is 346 g/mol. The Bertz CT molecular complexity index is 736. The van der Waals surface area contributed by atoms with Gasteiger partial charge in [-0.1, -0.05) is 12.1 Å². The van der Waals surface area contributed by atoms with Crippen molar-refractivity contribution in [2.45, 2.75) is 6.92 Å². The lowest BCUT2D eigenvalue weighted by molar-refractivity contribution is 0.105. The number of halogens is 1. The molecule has 9 heteroatoms. The highest BCUT2D eigenvalue weighted by Gasteiger charge is 2.23. The molecule has 0 bridgehead atoms. The van der Waals surface area contributed by atoms with Crippen LogP contribution in [0.15, 0.2) is 30.5 Å². The number of nitrogens with one attached hydrogen (secondary N) is 1. The van der Waals surface area contributed by atoms with Crippen LogP contribution < -0.4 is 10.2 Å². The van der Waals surface area contributed by atoms with E-state index in [0.717, 1.165) is 0 Å². The van der Waals surface area contributed by atoms with Crippen LogP contribution >= 0.6 is 0 Å². The van der Waals surface area contributed by atoms with Crippen LogP contribution in [0.25, 0.3) is 0 Å². The van der Waals surface area contributed by atoms with E-state index in [0.29, 0.717) is 38.6 Å². The molecule has 0 aliphatic carbocycles. The third-order valence-electron chi connectivity index (χ3n) is 3.80. The number of amides is 1. The van der Waals surface area contributed by atoms with Gasteiger partial charge in [0.2, 0.25) is 5.95 Å². The SMILES string of the molecule is CCOC(=O)N1CCN(c2cnnc(Nc3ccccc3F)n2)CC1. The lowest BCUT2D eigenvalue weighted by atomic mass is 10.3. The topological polar surface area (TPSA) is 83.5 Å². The van der Waals surface area contributed by atoms with Crippen LogP contribution in [0, 0.1) is 5.82 Å². The number of carbonyl (C=O) groups excluding carboxylic acids is 1. The van der Waals surface area contributed by atoms with Gasteiger partial charge in [0.25, 0.3) is 0 Å². The van der Waals surface area contributed by atoms with E-state index in [9.17, 15) is 9.18 Å². The smallest absolute Gasteiger partial charge is 0.409 e. The van der Waals surface area contributed by atoms with Crippen molar-refractivity contribution in [1.29, 1.82) is 0 Å². The Morgan fingerprint density at radius 2 is 2.04 bits per heavy atom. The fraction of sp³-hybridized carbons (Fsp3) is 0.375. The summed E-state index contributed by atoms with van der Waals surface area (Å²) in [4.78, 5) is 19.8. The van der Waals surface area contributed by atoms with Crippen LogP contribution in [0.3, 0.4) is 0 Å². The summed E-state index contributed by atoms with van der Waals surface area (Å²) in [5.74, 6) is 0.451. The van der Waals surface area contributed by atoms with Crippen molar-refractivity contribution in [3.63, 3.8) is 0 Å². The molecule has 0 atom stereocenters. The Hall–Kier alpha value is -2.97. The fourth-order valence-electron chi connectivity index (χ4n) is 2.52. The number of hydrogen-bond donors (Lipinski definition) is 1. The van der Waals surface area contributed by atoms with Crippen LogP contribution in [-0.4, -0.2) is 59.0 Å². The van der Waals surface area contributed by atoms with E-state index >= 15 is 0 Å². The summed E-state index contributed by atoms with van der Waals surface area (Å²) in [6, 6.07) is 6.29. The molecule has 1 aromatic carbocycles. The fourth-order valence-corrected chi connectivity index (χ4v) is 2.52. The van der Waals surface area contributed by atoms with E-state index in [2.05, 4.69) is 20.5 Å². The van der Waals surface area contributed by atoms with Crippen LogP contribution in [0.1, 0.15) is 6.92 Å². The maximum Gasteiger partial charge on any atom is 0.409 e. The van der Waals surface area contributed by atoms with Crippen molar-refractivity contribution in [3.8, 4) is 0 Å². The Labute approximate surface area is 144 Å². The molecule has 132 valence electrons. The number of piperazine rings is 1. The minimum Gasteiger partial charge on any atom is -0.450 e. The third-order valence-corrected chi connectivity index (χ3v) is 3.80. The van der Waals surface area contributed by atoms with Gasteiger partial charge >= 0.3 is 6.09 Å². The molecule has 25 heavy (non-hydrogen) atoms. The van der Waals surface area contributed by atoms with Gasteiger partial charge in [-0.15, -0.1) is 5.10 Å². The third kappa shape index (κ3) is 4.11. The van der Waals surface area contributed by atoms with Gasteiger partial charge in [-0.05, 0) is 19.1 Å². The zero-order valence-corrected chi connectivity index (χ0v) is 13.9. The van der Waals surface area contributed by atoms with Gasteiger partial charge in [-0.3, -0.25) is 0 Å². The van der Waals surface area contributed by atoms with Crippen LogP contribution in [0.5, 0.6) is 0 Å². The average molecular weight is 346 g/mol. The molecule has 0 spiro atoms. The molecule has 0 saturated carbocycles. The minimum atomic E-state index is -0.389. The number of para-hydroxylation sites is 1. The molecule has 2 aromatic rings. The average Bonchev–Trinajstić information content (AvgIpc) is 2.64. The predicted molar refractivity (Wildman–Crippen MR) is 90.3 cm³/mol. The molecule has 1 aliphatic rings. The quantitative estimate of drug-likeness (QED) is 0.907. The molecular weight excluding hydrogens is 327 g/mol. The Balaban J connectivity index is 1.64. The van der Waals surface area contributed by atoms with Crippen molar-refractivity contribution in [1.82, 2.24) is 20.1 Å². The van der Waals surface area contributed by atoms with E-state index in [1.807, 2.05) is 4.90 Å². The number of anilines is 3. The maximum absolute atomic E-state index is 13.7. The standard InChI is InChI=1S/C16H19FN6O2/c1-2-25-16(24)23-9-7-22(8-10-23)14-11-18-21-15(20-14)19-13-6-4-3-5-12(13)17/h3-6,11H,2,7-10H2,1H3,(H,19,20,21). The molecule has 1 amide bonds. The summed E-state index contributed by atoms with van der Waals surface area (Å²) < 4.78 is 18.7. The lowest BCUT2D eigenvalue weighted by Gasteiger charge is -2.34. The highest BCUT2D eigenvalue weighted by Crippen LogP contribution is 2.19. The molecular formula is C16H19FN6O2. The number of ether oxygens (including phenoxy) is 1. The number of benzene rings is 1. The first-order valence-corrected chi connectivity index (χ1v) is 8.05. The first kappa shape index (κ1) is 16.9. The highest BCUT2D eigenvalue weighted by molar-refractivity contribution is 5.68. The second kappa shape index (κ2) is 7.73. The number of rotatable bonds is 4. The highest BCUT2D eigenvalue weighted by atomic mass is 19.1. The van der Waals surface area contributed by atoms with Gasteiger partial charge in [-0.2, -0.15) is 10.1 Å². The molecule has 8 nitrogen and oxygen atoms in total. The normalized spacial score (nSPS) is 14.3. The van der Waals surface area contributed by atoms with Crippen molar-refractivity contribution >= 4 is 23.5 Å².